The zero-order valence-electron chi connectivity index (χ0n) is 11.3. The minimum absolute atomic E-state index is 0.545. The maximum atomic E-state index is 6.01. The van der Waals surface area contributed by atoms with Crippen LogP contribution in [-0.4, -0.2) is 36.1 Å². The van der Waals surface area contributed by atoms with E-state index in [9.17, 15) is 0 Å². The van der Waals surface area contributed by atoms with Gasteiger partial charge in [-0.1, -0.05) is 0 Å². The molecule has 0 amide bonds. The van der Waals surface area contributed by atoms with Crippen molar-refractivity contribution >= 4 is 22.1 Å². The fourth-order valence-corrected chi connectivity index (χ4v) is 2.71. The van der Waals surface area contributed by atoms with Crippen molar-refractivity contribution in [3.05, 3.63) is 30.6 Å². The molecule has 0 radical (unpaired) electrons. The summed E-state index contributed by atoms with van der Waals surface area (Å²) in [5, 5.41) is 5.84. The number of likely N-dealkylation sites (tertiary alicyclic amines) is 1. The molecule has 0 bridgehead atoms. The highest BCUT2D eigenvalue weighted by atomic mass is 15.1. The van der Waals surface area contributed by atoms with E-state index in [1.54, 1.807) is 6.20 Å². The molecule has 4 nitrogen and oxygen atoms in total. The predicted octanol–water partition coefficient (Wildman–Crippen LogP) is 2.32. The van der Waals surface area contributed by atoms with Crippen LogP contribution in [0.5, 0.6) is 0 Å². The van der Waals surface area contributed by atoms with Gasteiger partial charge in [0.15, 0.2) is 0 Å². The summed E-state index contributed by atoms with van der Waals surface area (Å²) < 4.78 is 0. The smallest absolute Gasteiger partial charge is 0.0439 e. The van der Waals surface area contributed by atoms with Gasteiger partial charge in [-0.25, -0.2) is 0 Å². The van der Waals surface area contributed by atoms with Gasteiger partial charge in [0.05, 0.1) is 0 Å². The van der Waals surface area contributed by atoms with Crippen molar-refractivity contribution < 1.29 is 0 Å². The standard InChI is InChI=1S/C15H20N4/c1-19-8-5-11(6-9-19)18-15-3-2-14(16)12-4-7-17-10-13(12)15/h2-4,7,10-11,18H,5-6,8-9,16H2,1H3. The Morgan fingerprint density at radius 2 is 2.00 bits per heavy atom. The normalized spacial score (nSPS) is 17.7. The molecule has 0 spiro atoms. The van der Waals surface area contributed by atoms with Gasteiger partial charge in [-0.05, 0) is 51.2 Å². The van der Waals surface area contributed by atoms with Crippen LogP contribution in [0.15, 0.2) is 30.6 Å². The first kappa shape index (κ1) is 12.2. The second-order valence-corrected chi connectivity index (χ2v) is 5.35. The number of nitrogens with one attached hydrogen (secondary N) is 1. The van der Waals surface area contributed by atoms with E-state index in [-0.39, 0.29) is 0 Å². The van der Waals surface area contributed by atoms with E-state index in [1.165, 1.54) is 12.8 Å². The number of fused-ring (bicyclic) bond motifs is 1. The molecular formula is C15H20N4. The lowest BCUT2D eigenvalue weighted by Crippen LogP contribution is -2.36. The van der Waals surface area contributed by atoms with Crippen LogP contribution in [0, 0.1) is 0 Å². The number of benzene rings is 1. The zero-order chi connectivity index (χ0) is 13.2. The largest absolute Gasteiger partial charge is 0.398 e. The van der Waals surface area contributed by atoms with E-state index in [2.05, 4.69) is 28.3 Å². The average molecular weight is 256 g/mol. The number of hydrogen-bond acceptors (Lipinski definition) is 4. The molecular weight excluding hydrogens is 236 g/mol. The molecule has 2 heterocycles. The van der Waals surface area contributed by atoms with Crippen molar-refractivity contribution in [3.8, 4) is 0 Å². The summed E-state index contributed by atoms with van der Waals surface area (Å²) in [5.74, 6) is 0. The Kier molecular flexibility index (Phi) is 3.25. The van der Waals surface area contributed by atoms with Crippen molar-refractivity contribution in [3.63, 3.8) is 0 Å². The van der Waals surface area contributed by atoms with Crippen LogP contribution in [0.1, 0.15) is 12.8 Å². The van der Waals surface area contributed by atoms with Gasteiger partial charge in [-0.3, -0.25) is 4.98 Å². The van der Waals surface area contributed by atoms with Gasteiger partial charge >= 0.3 is 0 Å². The highest BCUT2D eigenvalue weighted by Gasteiger charge is 2.17. The predicted molar refractivity (Wildman–Crippen MR) is 80.3 cm³/mol. The summed E-state index contributed by atoms with van der Waals surface area (Å²) >= 11 is 0. The molecule has 0 unspecified atom stereocenters. The molecule has 1 aliphatic heterocycles. The fraction of sp³-hybridized carbons (Fsp3) is 0.400. The number of anilines is 2. The van der Waals surface area contributed by atoms with Gasteiger partial charge in [0.25, 0.3) is 0 Å². The van der Waals surface area contributed by atoms with E-state index in [4.69, 9.17) is 5.73 Å². The summed E-state index contributed by atoms with van der Waals surface area (Å²) in [6.07, 6.45) is 6.05. The number of rotatable bonds is 2. The maximum absolute atomic E-state index is 6.01. The number of piperidine rings is 1. The minimum Gasteiger partial charge on any atom is -0.398 e. The van der Waals surface area contributed by atoms with Crippen LogP contribution in [0.25, 0.3) is 10.8 Å². The van der Waals surface area contributed by atoms with Gasteiger partial charge in [0, 0.05) is 40.6 Å². The lowest BCUT2D eigenvalue weighted by Gasteiger charge is -2.30. The Labute approximate surface area is 113 Å². The summed E-state index contributed by atoms with van der Waals surface area (Å²) in [5.41, 5.74) is 7.97. The molecule has 1 aliphatic rings. The van der Waals surface area contributed by atoms with Crippen LogP contribution < -0.4 is 11.1 Å². The van der Waals surface area contributed by atoms with Crippen molar-refractivity contribution in [2.45, 2.75) is 18.9 Å². The Balaban J connectivity index is 1.87. The maximum Gasteiger partial charge on any atom is 0.0439 e. The Hall–Kier alpha value is -1.81. The van der Waals surface area contributed by atoms with Crippen molar-refractivity contribution in [1.82, 2.24) is 9.88 Å². The molecule has 100 valence electrons. The van der Waals surface area contributed by atoms with E-state index < -0.39 is 0 Å². The van der Waals surface area contributed by atoms with Crippen LogP contribution in [0.3, 0.4) is 0 Å². The topological polar surface area (TPSA) is 54.2 Å². The molecule has 3 N–H and O–H groups in total. The molecule has 1 aromatic carbocycles. The second-order valence-electron chi connectivity index (χ2n) is 5.35. The molecule has 0 atom stereocenters. The Morgan fingerprint density at radius 1 is 1.21 bits per heavy atom. The highest BCUT2D eigenvalue weighted by Crippen LogP contribution is 2.28. The summed E-state index contributed by atoms with van der Waals surface area (Å²) in [4.78, 5) is 6.59. The van der Waals surface area contributed by atoms with Gasteiger partial charge in [-0.15, -0.1) is 0 Å². The van der Waals surface area contributed by atoms with Crippen molar-refractivity contribution in [2.24, 2.45) is 0 Å². The van der Waals surface area contributed by atoms with Gasteiger partial charge in [0.1, 0.15) is 0 Å². The molecule has 4 heteroatoms. The first-order chi connectivity index (χ1) is 9.24. The number of hydrogen-bond donors (Lipinski definition) is 2. The number of nitrogen functional groups attached to an aromatic ring is 1. The first-order valence-corrected chi connectivity index (χ1v) is 6.81. The molecule has 1 fully saturated rings. The fourth-order valence-electron chi connectivity index (χ4n) is 2.71. The minimum atomic E-state index is 0.545. The van der Waals surface area contributed by atoms with Gasteiger partial charge in [0.2, 0.25) is 0 Å². The molecule has 1 saturated heterocycles. The monoisotopic (exact) mass is 256 g/mol. The van der Waals surface area contributed by atoms with Gasteiger partial charge in [-0.2, -0.15) is 0 Å². The van der Waals surface area contributed by atoms with Crippen molar-refractivity contribution in [1.29, 1.82) is 0 Å². The SMILES string of the molecule is CN1CCC(Nc2ccc(N)c3ccncc23)CC1. The number of aromatic nitrogens is 1. The molecule has 2 aromatic rings. The molecule has 1 aromatic heterocycles. The quantitative estimate of drug-likeness (QED) is 0.810. The first-order valence-electron chi connectivity index (χ1n) is 6.81. The van der Waals surface area contributed by atoms with E-state index in [0.717, 1.165) is 35.2 Å². The van der Waals surface area contributed by atoms with E-state index >= 15 is 0 Å². The lowest BCUT2D eigenvalue weighted by molar-refractivity contribution is 0.264. The molecule has 0 saturated carbocycles. The third kappa shape index (κ3) is 2.49. The molecule has 19 heavy (non-hydrogen) atoms. The third-order valence-electron chi connectivity index (χ3n) is 3.93. The second kappa shape index (κ2) is 5.05. The van der Waals surface area contributed by atoms with Crippen LogP contribution in [-0.2, 0) is 0 Å². The summed E-state index contributed by atoms with van der Waals surface area (Å²) in [7, 11) is 2.18. The van der Waals surface area contributed by atoms with Gasteiger partial charge < -0.3 is 16.0 Å². The average Bonchev–Trinajstić information content (AvgIpc) is 2.45. The number of nitrogens with two attached hydrogens (primary N) is 1. The van der Waals surface area contributed by atoms with Crippen LogP contribution in [0.4, 0.5) is 11.4 Å². The Bertz CT molecular complexity index is 573. The lowest BCUT2D eigenvalue weighted by atomic mass is 10.0. The number of pyridine rings is 1. The summed E-state index contributed by atoms with van der Waals surface area (Å²) in [6, 6.07) is 6.56. The zero-order valence-corrected chi connectivity index (χ0v) is 11.3. The highest BCUT2D eigenvalue weighted by molar-refractivity contribution is 6.00. The third-order valence-corrected chi connectivity index (χ3v) is 3.93. The Morgan fingerprint density at radius 3 is 2.79 bits per heavy atom. The van der Waals surface area contributed by atoms with Crippen molar-refractivity contribution in [2.75, 3.05) is 31.2 Å². The molecule has 0 aliphatic carbocycles. The molecule has 3 rings (SSSR count). The van der Waals surface area contributed by atoms with Crippen LogP contribution in [0.2, 0.25) is 0 Å². The van der Waals surface area contributed by atoms with Crippen LogP contribution >= 0.6 is 0 Å². The van der Waals surface area contributed by atoms with E-state index in [0.29, 0.717) is 6.04 Å². The summed E-state index contributed by atoms with van der Waals surface area (Å²) in [6.45, 7) is 2.31. The van der Waals surface area contributed by atoms with E-state index in [1.807, 2.05) is 18.3 Å². The number of nitrogens with zero attached hydrogens (tertiary/aromatic N) is 2.